The summed E-state index contributed by atoms with van der Waals surface area (Å²) in [6, 6.07) is 18.7. The van der Waals surface area contributed by atoms with Crippen molar-refractivity contribution in [1.82, 2.24) is 4.90 Å². The molecule has 4 aliphatic rings. The second-order valence-corrected chi connectivity index (χ2v) is 11.6. The number of carbonyl (C=O) groups is 3. The average molecular weight is 556 g/mol. The van der Waals surface area contributed by atoms with E-state index in [1.807, 2.05) is 62.4 Å². The summed E-state index contributed by atoms with van der Waals surface area (Å²) >= 11 is 3.47. The minimum atomic E-state index is -1.41. The quantitative estimate of drug-likeness (QED) is 0.432. The Hall–Kier alpha value is -3.29. The molecule has 186 valence electrons. The number of aryl methyl sites for hydroxylation is 2. The van der Waals surface area contributed by atoms with Gasteiger partial charge in [-0.1, -0.05) is 64.0 Å². The van der Waals surface area contributed by atoms with Crippen molar-refractivity contribution in [2.45, 2.75) is 43.7 Å². The fourth-order valence-corrected chi connectivity index (χ4v) is 8.09. The van der Waals surface area contributed by atoms with Crippen LogP contribution in [-0.4, -0.2) is 35.1 Å². The lowest BCUT2D eigenvalue weighted by atomic mass is 9.57. The number of halogens is 1. The second kappa shape index (κ2) is 7.62. The fourth-order valence-electron chi connectivity index (χ4n) is 7.83. The second-order valence-electron chi connectivity index (χ2n) is 10.7. The zero-order valence-electron chi connectivity index (χ0n) is 20.6. The van der Waals surface area contributed by atoms with E-state index in [2.05, 4.69) is 31.5 Å². The molecule has 0 unspecified atom stereocenters. The Morgan fingerprint density at radius 2 is 1.73 bits per heavy atom. The predicted molar refractivity (Wildman–Crippen MR) is 145 cm³/mol. The van der Waals surface area contributed by atoms with Gasteiger partial charge in [-0.3, -0.25) is 19.3 Å². The Bertz CT molecular complexity index is 1530. The van der Waals surface area contributed by atoms with E-state index in [1.165, 1.54) is 0 Å². The molecule has 2 amide bonds. The summed E-state index contributed by atoms with van der Waals surface area (Å²) in [5.41, 5.74) is 2.76. The number of rotatable bonds is 2. The van der Waals surface area contributed by atoms with Gasteiger partial charge in [0, 0.05) is 33.0 Å². The molecule has 0 bridgehead atoms. The van der Waals surface area contributed by atoms with Crippen molar-refractivity contribution in [3.63, 3.8) is 0 Å². The third-order valence-electron chi connectivity index (χ3n) is 8.96. The minimum Gasteiger partial charge on any atom is -0.325 e. The SMILES string of the molecule is Cc1cc(C)c2c(c1)[C@]1(C(=O)N2)N2CCC[C@@H]2[C@@H](C(=O)c2ccc(Br)cc2)[C@]12C(=O)Nc1ccccc12. The molecule has 2 fully saturated rings. The van der Waals surface area contributed by atoms with Gasteiger partial charge in [0.05, 0.1) is 5.92 Å². The van der Waals surface area contributed by atoms with Crippen LogP contribution in [0.3, 0.4) is 0 Å². The topological polar surface area (TPSA) is 78.5 Å². The van der Waals surface area contributed by atoms with Gasteiger partial charge in [0.25, 0.3) is 5.91 Å². The number of nitrogens with one attached hydrogen (secondary N) is 2. The van der Waals surface area contributed by atoms with E-state index in [9.17, 15) is 14.4 Å². The maximum atomic E-state index is 14.6. The van der Waals surface area contributed by atoms with Crippen LogP contribution in [0.25, 0.3) is 0 Å². The number of carbonyl (C=O) groups excluding carboxylic acids is 3. The van der Waals surface area contributed by atoms with Crippen LogP contribution in [0.2, 0.25) is 0 Å². The highest BCUT2D eigenvalue weighted by Crippen LogP contribution is 2.68. The lowest BCUT2D eigenvalue weighted by molar-refractivity contribution is -0.137. The average Bonchev–Trinajstić information content (AvgIpc) is 3.59. The van der Waals surface area contributed by atoms with Gasteiger partial charge in [-0.2, -0.15) is 0 Å². The van der Waals surface area contributed by atoms with Crippen LogP contribution in [0, 0.1) is 19.8 Å². The first-order valence-electron chi connectivity index (χ1n) is 12.7. The highest BCUT2D eigenvalue weighted by Gasteiger charge is 2.81. The number of Topliss-reactive ketones (excluding diaryl/α,β-unsaturated/α-hetero) is 1. The number of amides is 2. The van der Waals surface area contributed by atoms with Crippen molar-refractivity contribution in [3.05, 3.63) is 93.0 Å². The summed E-state index contributed by atoms with van der Waals surface area (Å²) in [4.78, 5) is 45.7. The molecular weight excluding hydrogens is 530 g/mol. The molecule has 0 saturated carbocycles. The lowest BCUT2D eigenvalue weighted by Gasteiger charge is -2.43. The Balaban J connectivity index is 1.60. The molecule has 37 heavy (non-hydrogen) atoms. The molecule has 4 aliphatic heterocycles. The molecule has 0 radical (unpaired) electrons. The smallest absolute Gasteiger partial charge is 0.251 e. The first kappa shape index (κ1) is 22.9. The summed E-state index contributed by atoms with van der Waals surface area (Å²) in [5.74, 6) is -1.32. The van der Waals surface area contributed by atoms with Crippen LogP contribution in [0.5, 0.6) is 0 Å². The molecule has 4 heterocycles. The molecule has 6 nitrogen and oxygen atoms in total. The maximum absolute atomic E-state index is 14.6. The summed E-state index contributed by atoms with van der Waals surface area (Å²) in [6.07, 6.45) is 1.61. The van der Waals surface area contributed by atoms with Crippen LogP contribution in [0.1, 0.15) is 45.5 Å². The van der Waals surface area contributed by atoms with E-state index in [0.717, 1.165) is 45.3 Å². The number of ketones is 1. The molecule has 2 spiro atoms. The van der Waals surface area contributed by atoms with Crippen LogP contribution >= 0.6 is 15.9 Å². The van der Waals surface area contributed by atoms with E-state index in [0.29, 0.717) is 17.8 Å². The summed E-state index contributed by atoms with van der Waals surface area (Å²) < 4.78 is 0.878. The third-order valence-corrected chi connectivity index (χ3v) is 9.49. The molecule has 0 aliphatic carbocycles. The number of benzene rings is 3. The number of para-hydroxylation sites is 1. The van der Waals surface area contributed by atoms with Crippen molar-refractivity contribution >= 4 is 44.9 Å². The predicted octanol–water partition coefficient (Wildman–Crippen LogP) is 5.08. The Kier molecular flexibility index (Phi) is 4.71. The van der Waals surface area contributed by atoms with Crippen molar-refractivity contribution in [2.75, 3.05) is 17.2 Å². The van der Waals surface area contributed by atoms with E-state index in [-0.39, 0.29) is 23.6 Å². The van der Waals surface area contributed by atoms with Crippen molar-refractivity contribution < 1.29 is 14.4 Å². The van der Waals surface area contributed by atoms with Crippen LogP contribution in [0.15, 0.2) is 65.1 Å². The van der Waals surface area contributed by atoms with Crippen LogP contribution < -0.4 is 10.6 Å². The molecule has 7 heteroatoms. The number of fused-ring (bicyclic) bond motifs is 7. The monoisotopic (exact) mass is 555 g/mol. The number of nitrogens with zero attached hydrogens (tertiary/aromatic N) is 1. The molecule has 2 saturated heterocycles. The Labute approximate surface area is 223 Å². The van der Waals surface area contributed by atoms with Gasteiger partial charge >= 0.3 is 0 Å². The summed E-state index contributed by atoms with van der Waals surface area (Å²) in [5, 5.41) is 6.26. The third kappa shape index (κ3) is 2.61. The number of hydrogen-bond acceptors (Lipinski definition) is 4. The maximum Gasteiger partial charge on any atom is 0.251 e. The molecule has 4 atom stereocenters. The van der Waals surface area contributed by atoms with E-state index >= 15 is 0 Å². The van der Waals surface area contributed by atoms with Gasteiger partial charge in [-0.05, 0) is 62.6 Å². The van der Waals surface area contributed by atoms with E-state index in [1.54, 1.807) is 12.1 Å². The first-order chi connectivity index (χ1) is 17.8. The minimum absolute atomic E-state index is 0.0984. The van der Waals surface area contributed by atoms with Gasteiger partial charge < -0.3 is 10.6 Å². The van der Waals surface area contributed by atoms with E-state index < -0.39 is 16.9 Å². The fraction of sp³-hybridized carbons (Fsp3) is 0.300. The summed E-state index contributed by atoms with van der Waals surface area (Å²) in [6.45, 7) is 4.65. The van der Waals surface area contributed by atoms with Gasteiger partial charge in [-0.25, -0.2) is 0 Å². The number of anilines is 2. The molecule has 3 aromatic carbocycles. The lowest BCUT2D eigenvalue weighted by Crippen LogP contribution is -2.62. The van der Waals surface area contributed by atoms with Crippen molar-refractivity contribution in [3.8, 4) is 0 Å². The summed E-state index contributed by atoms with van der Waals surface area (Å²) in [7, 11) is 0. The van der Waals surface area contributed by atoms with Crippen molar-refractivity contribution in [1.29, 1.82) is 0 Å². The first-order valence-corrected chi connectivity index (χ1v) is 13.5. The Morgan fingerprint density at radius 3 is 2.51 bits per heavy atom. The van der Waals surface area contributed by atoms with E-state index in [4.69, 9.17) is 0 Å². The Morgan fingerprint density at radius 1 is 0.973 bits per heavy atom. The normalized spacial score (nSPS) is 29.4. The highest BCUT2D eigenvalue weighted by atomic mass is 79.9. The zero-order chi connectivity index (χ0) is 25.7. The van der Waals surface area contributed by atoms with Gasteiger partial charge in [0.2, 0.25) is 5.91 Å². The largest absolute Gasteiger partial charge is 0.325 e. The molecular formula is C30H26BrN3O3. The van der Waals surface area contributed by atoms with Crippen LogP contribution in [0.4, 0.5) is 11.4 Å². The van der Waals surface area contributed by atoms with Gasteiger partial charge in [-0.15, -0.1) is 0 Å². The molecule has 0 aromatic heterocycles. The van der Waals surface area contributed by atoms with Gasteiger partial charge in [0.15, 0.2) is 5.78 Å². The molecule has 3 aromatic rings. The highest BCUT2D eigenvalue weighted by molar-refractivity contribution is 9.10. The van der Waals surface area contributed by atoms with Gasteiger partial charge in [0.1, 0.15) is 11.0 Å². The molecule has 7 rings (SSSR count). The van der Waals surface area contributed by atoms with Crippen molar-refractivity contribution in [2.24, 2.45) is 5.92 Å². The van der Waals surface area contributed by atoms with Crippen LogP contribution in [-0.2, 0) is 20.5 Å². The standard InChI is InChI=1S/C30H26BrN3O3/c1-16-14-17(2)25-21(15-16)30(28(37)33-25)29(20-6-3-4-7-22(20)32-27(29)36)24(23-8-5-13-34(23)30)26(35)18-9-11-19(31)12-10-18/h3-4,6-7,9-12,14-15,23-24H,5,8,13H2,1-2H3,(H,32,36)(H,33,37)/t23-,24+,29-,30-/m1/s1. The molecule has 2 N–H and O–H groups in total. The zero-order valence-corrected chi connectivity index (χ0v) is 22.2. The number of hydrogen-bond donors (Lipinski definition) is 2.